The molecule has 1 saturated heterocycles. The lowest BCUT2D eigenvalue weighted by Gasteiger charge is -2.20. The standard InChI is InChI=1S/C19H20N8/c1-11-17(12(2)26-25-11)15-9-13(14(10-20)18(21)24-15)16-5-3-8-27(16)19-22-6-4-7-23-19/h3-9,11-12,17,25-26H,1-2H3,(H2,21,24). The van der Waals surface area contributed by atoms with Gasteiger partial charge in [0.2, 0.25) is 5.95 Å². The van der Waals surface area contributed by atoms with E-state index in [1.165, 1.54) is 0 Å². The zero-order chi connectivity index (χ0) is 19.0. The van der Waals surface area contributed by atoms with Crippen LogP contribution in [0, 0.1) is 11.3 Å². The van der Waals surface area contributed by atoms with Crippen molar-refractivity contribution >= 4 is 5.82 Å². The van der Waals surface area contributed by atoms with E-state index in [2.05, 4.69) is 45.7 Å². The molecule has 0 aromatic carbocycles. The maximum absolute atomic E-state index is 9.68. The van der Waals surface area contributed by atoms with E-state index in [-0.39, 0.29) is 23.8 Å². The van der Waals surface area contributed by atoms with Crippen molar-refractivity contribution in [3.63, 3.8) is 0 Å². The second kappa shape index (κ2) is 6.79. The Morgan fingerprint density at radius 2 is 1.85 bits per heavy atom. The van der Waals surface area contributed by atoms with E-state index in [1.54, 1.807) is 18.5 Å². The fourth-order valence-corrected chi connectivity index (χ4v) is 3.65. The average molecular weight is 360 g/mol. The molecular weight excluding hydrogens is 340 g/mol. The van der Waals surface area contributed by atoms with Crippen LogP contribution in [-0.4, -0.2) is 31.6 Å². The number of hydrogen-bond acceptors (Lipinski definition) is 7. The molecule has 4 N–H and O–H groups in total. The largest absolute Gasteiger partial charge is 0.383 e. The molecule has 0 radical (unpaired) electrons. The number of pyridine rings is 1. The van der Waals surface area contributed by atoms with Gasteiger partial charge in [-0.05, 0) is 38.1 Å². The topological polar surface area (TPSA) is 117 Å². The van der Waals surface area contributed by atoms with Gasteiger partial charge < -0.3 is 5.73 Å². The molecule has 2 atom stereocenters. The molecule has 0 aliphatic carbocycles. The lowest BCUT2D eigenvalue weighted by Crippen LogP contribution is -2.30. The number of nitrogens with two attached hydrogens (primary N) is 1. The van der Waals surface area contributed by atoms with Gasteiger partial charge in [-0.1, -0.05) is 0 Å². The summed E-state index contributed by atoms with van der Waals surface area (Å²) in [6.45, 7) is 4.19. The van der Waals surface area contributed by atoms with Gasteiger partial charge >= 0.3 is 0 Å². The van der Waals surface area contributed by atoms with Crippen LogP contribution in [0.4, 0.5) is 5.82 Å². The number of nitrogens with zero attached hydrogens (tertiary/aromatic N) is 5. The fourth-order valence-electron chi connectivity index (χ4n) is 3.65. The molecule has 3 aromatic rings. The van der Waals surface area contributed by atoms with Crippen LogP contribution in [-0.2, 0) is 0 Å². The maximum Gasteiger partial charge on any atom is 0.234 e. The summed E-state index contributed by atoms with van der Waals surface area (Å²) in [5.74, 6) is 0.900. The molecule has 1 fully saturated rings. The van der Waals surface area contributed by atoms with Gasteiger partial charge in [0.25, 0.3) is 0 Å². The second-order valence-corrected chi connectivity index (χ2v) is 6.67. The van der Waals surface area contributed by atoms with Gasteiger partial charge in [-0.25, -0.2) is 15.0 Å². The smallest absolute Gasteiger partial charge is 0.234 e. The number of hydrogen-bond donors (Lipinski definition) is 3. The molecule has 0 amide bonds. The summed E-state index contributed by atoms with van der Waals surface area (Å²) in [6.07, 6.45) is 5.23. The minimum atomic E-state index is 0.134. The minimum absolute atomic E-state index is 0.134. The van der Waals surface area contributed by atoms with E-state index in [9.17, 15) is 5.26 Å². The Labute approximate surface area is 157 Å². The summed E-state index contributed by atoms with van der Waals surface area (Å²) < 4.78 is 1.84. The van der Waals surface area contributed by atoms with Crippen molar-refractivity contribution in [2.75, 3.05) is 5.73 Å². The normalized spacial score (nSPS) is 21.9. The van der Waals surface area contributed by atoms with Gasteiger partial charge in [0.15, 0.2) is 0 Å². The molecule has 0 saturated carbocycles. The Morgan fingerprint density at radius 1 is 1.15 bits per heavy atom. The predicted octanol–water partition coefficient (Wildman–Crippen LogP) is 1.75. The van der Waals surface area contributed by atoms with Crippen molar-refractivity contribution in [1.82, 2.24) is 30.4 Å². The third kappa shape index (κ3) is 2.93. The first-order valence-corrected chi connectivity index (χ1v) is 8.77. The van der Waals surface area contributed by atoms with Crippen LogP contribution in [0.1, 0.15) is 31.0 Å². The Kier molecular flexibility index (Phi) is 4.32. The number of nitrogen functional groups attached to an aromatic ring is 1. The number of anilines is 1. The van der Waals surface area contributed by atoms with Crippen LogP contribution in [0.2, 0.25) is 0 Å². The molecule has 0 bridgehead atoms. The summed E-state index contributed by atoms with van der Waals surface area (Å²) in [6, 6.07) is 10.1. The van der Waals surface area contributed by atoms with Crippen LogP contribution in [0.25, 0.3) is 17.2 Å². The van der Waals surface area contributed by atoms with Crippen molar-refractivity contribution in [1.29, 1.82) is 5.26 Å². The number of nitriles is 1. The lowest BCUT2D eigenvalue weighted by molar-refractivity contribution is 0.561. The van der Waals surface area contributed by atoms with Crippen molar-refractivity contribution in [2.45, 2.75) is 31.8 Å². The summed E-state index contributed by atoms with van der Waals surface area (Å²) >= 11 is 0. The summed E-state index contributed by atoms with van der Waals surface area (Å²) in [7, 11) is 0. The van der Waals surface area contributed by atoms with Crippen LogP contribution < -0.4 is 16.6 Å². The third-order valence-electron chi connectivity index (χ3n) is 4.93. The summed E-state index contributed by atoms with van der Waals surface area (Å²) in [5, 5.41) is 9.68. The quantitative estimate of drug-likeness (QED) is 0.651. The maximum atomic E-state index is 9.68. The molecule has 4 rings (SSSR count). The molecule has 8 nitrogen and oxygen atoms in total. The molecule has 2 unspecified atom stereocenters. The molecule has 8 heteroatoms. The Bertz CT molecular complexity index is 994. The number of aromatic nitrogens is 4. The Hall–Kier alpha value is -3.28. The van der Waals surface area contributed by atoms with Gasteiger partial charge in [0, 0.05) is 47.8 Å². The Morgan fingerprint density at radius 3 is 2.52 bits per heavy atom. The first kappa shape index (κ1) is 17.1. The van der Waals surface area contributed by atoms with E-state index in [0.717, 1.165) is 17.0 Å². The van der Waals surface area contributed by atoms with Crippen LogP contribution in [0.15, 0.2) is 42.9 Å². The SMILES string of the molecule is CC1NNC(C)C1c1cc(-c2cccn2-c2ncccn2)c(C#N)c(N)n1. The van der Waals surface area contributed by atoms with E-state index in [4.69, 9.17) is 5.73 Å². The van der Waals surface area contributed by atoms with Crippen LogP contribution >= 0.6 is 0 Å². The first-order chi connectivity index (χ1) is 13.1. The van der Waals surface area contributed by atoms with Crippen molar-refractivity contribution in [3.05, 3.63) is 54.1 Å². The summed E-state index contributed by atoms with van der Waals surface area (Å²) in [4.78, 5) is 13.2. The molecule has 0 spiro atoms. The lowest BCUT2D eigenvalue weighted by atomic mass is 9.90. The van der Waals surface area contributed by atoms with E-state index in [0.29, 0.717) is 11.5 Å². The minimum Gasteiger partial charge on any atom is -0.383 e. The monoisotopic (exact) mass is 360 g/mol. The summed E-state index contributed by atoms with van der Waals surface area (Å²) in [5.41, 5.74) is 15.4. The average Bonchev–Trinajstić information content (AvgIpc) is 3.28. The molecule has 1 aliphatic rings. The van der Waals surface area contributed by atoms with Crippen molar-refractivity contribution in [2.24, 2.45) is 0 Å². The van der Waals surface area contributed by atoms with Gasteiger partial charge in [-0.15, -0.1) is 0 Å². The van der Waals surface area contributed by atoms with E-state index < -0.39 is 0 Å². The highest BCUT2D eigenvalue weighted by molar-refractivity contribution is 5.75. The number of nitrogens with one attached hydrogen (secondary N) is 2. The molecule has 3 aromatic heterocycles. The van der Waals surface area contributed by atoms with Gasteiger partial charge in [0.1, 0.15) is 17.5 Å². The van der Waals surface area contributed by atoms with Crippen molar-refractivity contribution in [3.8, 4) is 23.3 Å². The second-order valence-electron chi connectivity index (χ2n) is 6.67. The predicted molar refractivity (Wildman–Crippen MR) is 102 cm³/mol. The molecule has 27 heavy (non-hydrogen) atoms. The molecule has 4 heterocycles. The van der Waals surface area contributed by atoms with E-state index in [1.807, 2.05) is 29.0 Å². The van der Waals surface area contributed by atoms with E-state index >= 15 is 0 Å². The highest BCUT2D eigenvalue weighted by Gasteiger charge is 2.33. The zero-order valence-electron chi connectivity index (χ0n) is 15.1. The Balaban J connectivity index is 1.89. The van der Waals surface area contributed by atoms with Gasteiger partial charge in [0.05, 0.1) is 5.69 Å². The molecule has 136 valence electrons. The fraction of sp³-hybridized carbons (Fsp3) is 0.263. The van der Waals surface area contributed by atoms with Crippen LogP contribution in [0.5, 0.6) is 0 Å². The van der Waals surface area contributed by atoms with Gasteiger partial charge in [-0.3, -0.25) is 15.4 Å². The highest BCUT2D eigenvalue weighted by atomic mass is 15.4. The van der Waals surface area contributed by atoms with Crippen LogP contribution in [0.3, 0.4) is 0 Å². The molecular formula is C19H20N8. The zero-order valence-corrected chi connectivity index (χ0v) is 15.1. The van der Waals surface area contributed by atoms with Gasteiger partial charge in [-0.2, -0.15) is 5.26 Å². The number of hydrazine groups is 1. The number of rotatable bonds is 3. The highest BCUT2D eigenvalue weighted by Crippen LogP contribution is 2.34. The third-order valence-corrected chi connectivity index (χ3v) is 4.93. The molecule has 1 aliphatic heterocycles. The van der Waals surface area contributed by atoms with Crippen molar-refractivity contribution < 1.29 is 0 Å². The first-order valence-electron chi connectivity index (χ1n) is 8.77.